The van der Waals surface area contributed by atoms with Gasteiger partial charge in [-0.2, -0.15) is 0 Å². The highest BCUT2D eigenvalue weighted by atomic mass is 35.5. The van der Waals surface area contributed by atoms with Gasteiger partial charge in [-0.3, -0.25) is 14.5 Å². The molecule has 0 aromatic heterocycles. The summed E-state index contributed by atoms with van der Waals surface area (Å²) in [5.74, 6) is 0.244. The molecule has 2 aromatic carbocycles. The number of para-hydroxylation sites is 2. The maximum Gasteiger partial charge on any atom is 0.269 e. The Morgan fingerprint density at radius 1 is 1.10 bits per heavy atom. The number of ether oxygens (including phenoxy) is 1. The van der Waals surface area contributed by atoms with Crippen LogP contribution in [0.4, 0.5) is 11.4 Å². The molecule has 31 heavy (non-hydrogen) atoms. The monoisotopic (exact) mass is 441 g/mol. The molecule has 2 aliphatic rings. The van der Waals surface area contributed by atoms with E-state index in [-0.39, 0.29) is 35.5 Å². The lowest BCUT2D eigenvalue weighted by atomic mass is 9.79. The zero-order chi connectivity index (χ0) is 22.4. The molecule has 2 heterocycles. The predicted molar refractivity (Wildman–Crippen MR) is 122 cm³/mol. The van der Waals surface area contributed by atoms with Gasteiger partial charge in [-0.1, -0.05) is 23.7 Å². The molecule has 0 radical (unpaired) electrons. The molecule has 0 spiro atoms. The van der Waals surface area contributed by atoms with Gasteiger partial charge in [0.25, 0.3) is 11.8 Å². The second-order valence-electron chi connectivity index (χ2n) is 9.62. The number of nitrogens with one attached hydrogen (secondary N) is 2. The van der Waals surface area contributed by atoms with Gasteiger partial charge in [0.05, 0.1) is 16.4 Å². The zero-order valence-corrected chi connectivity index (χ0v) is 19.0. The molecule has 0 saturated carbocycles. The molecule has 164 valence electrons. The van der Waals surface area contributed by atoms with Crippen LogP contribution in [-0.2, 0) is 4.79 Å². The molecular weight excluding hydrogens is 414 g/mol. The summed E-state index contributed by atoms with van der Waals surface area (Å²) in [4.78, 5) is 27.1. The quantitative estimate of drug-likeness (QED) is 0.738. The molecule has 6 nitrogen and oxygen atoms in total. The average molecular weight is 442 g/mol. The van der Waals surface area contributed by atoms with Crippen LogP contribution in [0.2, 0.25) is 5.02 Å². The third kappa shape index (κ3) is 4.55. The lowest BCUT2D eigenvalue weighted by Gasteiger charge is -2.46. The number of fused-ring (bicyclic) bond motifs is 1. The van der Waals surface area contributed by atoms with Crippen molar-refractivity contribution in [2.45, 2.75) is 57.7 Å². The summed E-state index contributed by atoms with van der Waals surface area (Å²) in [5.41, 5.74) is 1.51. The van der Waals surface area contributed by atoms with E-state index in [0.717, 1.165) is 12.8 Å². The van der Waals surface area contributed by atoms with Crippen LogP contribution in [0.5, 0.6) is 5.75 Å². The fourth-order valence-electron chi connectivity index (χ4n) is 4.89. The summed E-state index contributed by atoms with van der Waals surface area (Å²) in [6, 6.07) is 12.4. The molecule has 2 aromatic rings. The Morgan fingerprint density at radius 2 is 1.77 bits per heavy atom. The highest BCUT2D eigenvalue weighted by Crippen LogP contribution is 2.40. The number of hydrogen-bond acceptors (Lipinski definition) is 4. The van der Waals surface area contributed by atoms with Crippen molar-refractivity contribution < 1.29 is 14.3 Å². The smallest absolute Gasteiger partial charge is 0.269 e. The van der Waals surface area contributed by atoms with E-state index in [1.807, 2.05) is 24.3 Å². The van der Waals surface area contributed by atoms with Crippen LogP contribution in [0.1, 0.15) is 50.9 Å². The highest BCUT2D eigenvalue weighted by molar-refractivity contribution is 6.34. The van der Waals surface area contributed by atoms with Crippen molar-refractivity contribution in [1.29, 1.82) is 0 Å². The molecule has 1 fully saturated rings. The number of amides is 2. The van der Waals surface area contributed by atoms with E-state index in [4.69, 9.17) is 16.3 Å². The van der Waals surface area contributed by atoms with E-state index in [1.54, 1.807) is 23.1 Å². The minimum Gasteiger partial charge on any atom is -0.482 e. The van der Waals surface area contributed by atoms with Gasteiger partial charge in [0.15, 0.2) is 6.61 Å². The number of rotatable bonds is 3. The molecule has 4 rings (SSSR count). The first-order valence-corrected chi connectivity index (χ1v) is 10.9. The summed E-state index contributed by atoms with van der Waals surface area (Å²) >= 11 is 6.55. The van der Waals surface area contributed by atoms with Crippen LogP contribution in [0, 0.1) is 0 Å². The zero-order valence-electron chi connectivity index (χ0n) is 18.3. The van der Waals surface area contributed by atoms with Gasteiger partial charge in [0.2, 0.25) is 0 Å². The first kappa shape index (κ1) is 21.7. The van der Waals surface area contributed by atoms with Gasteiger partial charge < -0.3 is 15.4 Å². The standard InChI is InChI=1S/C24H28ClN3O3/c1-23(2)12-16(13-24(3,4)27-23)26-22(30)15-9-10-18(17(25)11-15)28-19-7-5-6-8-20(19)31-14-21(28)29/h5-11,16,27H,12-14H2,1-4H3,(H,26,30). The Kier molecular flexibility index (Phi) is 5.48. The first-order valence-electron chi connectivity index (χ1n) is 10.5. The van der Waals surface area contributed by atoms with Crippen molar-refractivity contribution in [2.75, 3.05) is 11.5 Å². The summed E-state index contributed by atoms with van der Waals surface area (Å²) in [7, 11) is 0. The Bertz CT molecular complexity index is 1020. The minimum absolute atomic E-state index is 0.0587. The third-order valence-corrected chi connectivity index (χ3v) is 5.99. The Hall–Kier alpha value is -2.57. The van der Waals surface area contributed by atoms with Crippen molar-refractivity contribution >= 4 is 34.8 Å². The summed E-state index contributed by atoms with van der Waals surface area (Å²) in [5, 5.41) is 7.12. The van der Waals surface area contributed by atoms with Crippen LogP contribution in [0.15, 0.2) is 42.5 Å². The number of nitrogens with zero attached hydrogens (tertiary/aromatic N) is 1. The Balaban J connectivity index is 1.56. The lowest BCUT2D eigenvalue weighted by Crippen LogP contribution is -2.62. The summed E-state index contributed by atoms with van der Waals surface area (Å²) in [6.07, 6.45) is 1.68. The van der Waals surface area contributed by atoms with Gasteiger partial charge in [-0.05, 0) is 70.9 Å². The van der Waals surface area contributed by atoms with Gasteiger partial charge in [-0.25, -0.2) is 0 Å². The number of carbonyl (C=O) groups is 2. The van der Waals surface area contributed by atoms with Crippen molar-refractivity contribution in [3.63, 3.8) is 0 Å². The first-order chi connectivity index (χ1) is 14.5. The van der Waals surface area contributed by atoms with E-state index in [1.165, 1.54) is 0 Å². The summed E-state index contributed by atoms with van der Waals surface area (Å²) in [6.45, 7) is 8.54. The maximum atomic E-state index is 12.9. The van der Waals surface area contributed by atoms with E-state index in [0.29, 0.717) is 27.7 Å². The van der Waals surface area contributed by atoms with Crippen LogP contribution in [-0.4, -0.2) is 35.5 Å². The normalized spacial score (nSPS) is 20.0. The Labute approximate surface area is 187 Å². The van der Waals surface area contributed by atoms with Crippen LogP contribution in [0.3, 0.4) is 0 Å². The van der Waals surface area contributed by atoms with Crippen LogP contribution < -0.4 is 20.3 Å². The van der Waals surface area contributed by atoms with Gasteiger partial charge in [0, 0.05) is 22.7 Å². The molecule has 0 atom stereocenters. The number of hydrogen-bond donors (Lipinski definition) is 2. The predicted octanol–water partition coefficient (Wildman–Crippen LogP) is 4.44. The topological polar surface area (TPSA) is 70.7 Å². The minimum atomic E-state index is -0.211. The fraction of sp³-hybridized carbons (Fsp3) is 0.417. The molecule has 2 N–H and O–H groups in total. The molecule has 0 unspecified atom stereocenters. The molecule has 1 saturated heterocycles. The van der Waals surface area contributed by atoms with Gasteiger partial charge in [0.1, 0.15) is 5.75 Å². The second kappa shape index (κ2) is 7.84. The SMILES string of the molecule is CC1(C)CC(NC(=O)c2ccc(N3C(=O)COc4ccccc43)c(Cl)c2)CC(C)(C)N1. The van der Waals surface area contributed by atoms with Crippen LogP contribution >= 0.6 is 11.6 Å². The van der Waals surface area contributed by atoms with E-state index < -0.39 is 0 Å². The highest BCUT2D eigenvalue weighted by Gasteiger charge is 2.38. The van der Waals surface area contributed by atoms with Crippen molar-refractivity contribution in [2.24, 2.45) is 0 Å². The van der Waals surface area contributed by atoms with E-state index in [2.05, 4.69) is 38.3 Å². The Morgan fingerprint density at radius 3 is 2.45 bits per heavy atom. The second-order valence-corrected chi connectivity index (χ2v) is 10.0. The molecular formula is C24H28ClN3O3. The molecule has 2 aliphatic heterocycles. The molecule has 7 heteroatoms. The molecule has 0 aliphatic carbocycles. The van der Waals surface area contributed by atoms with Crippen molar-refractivity contribution in [1.82, 2.24) is 10.6 Å². The number of benzene rings is 2. The number of anilines is 2. The van der Waals surface area contributed by atoms with E-state index in [9.17, 15) is 9.59 Å². The van der Waals surface area contributed by atoms with E-state index >= 15 is 0 Å². The largest absolute Gasteiger partial charge is 0.482 e. The average Bonchev–Trinajstić information content (AvgIpc) is 2.66. The molecule has 2 amide bonds. The van der Waals surface area contributed by atoms with Crippen molar-refractivity contribution in [3.05, 3.63) is 53.1 Å². The number of halogens is 1. The van der Waals surface area contributed by atoms with Gasteiger partial charge in [-0.15, -0.1) is 0 Å². The van der Waals surface area contributed by atoms with Crippen molar-refractivity contribution in [3.8, 4) is 5.75 Å². The maximum absolute atomic E-state index is 12.9. The van der Waals surface area contributed by atoms with Crippen LogP contribution in [0.25, 0.3) is 0 Å². The summed E-state index contributed by atoms with van der Waals surface area (Å²) < 4.78 is 5.50. The number of carbonyl (C=O) groups excluding carboxylic acids is 2. The fourth-order valence-corrected chi connectivity index (χ4v) is 5.15. The number of piperidine rings is 1. The lowest BCUT2D eigenvalue weighted by molar-refractivity contribution is -0.120. The molecule has 0 bridgehead atoms. The van der Waals surface area contributed by atoms with Gasteiger partial charge >= 0.3 is 0 Å². The third-order valence-electron chi connectivity index (χ3n) is 5.68.